The zero-order valence-electron chi connectivity index (χ0n) is 17.3. The molecular weight excluding hydrogens is 448 g/mol. The van der Waals surface area contributed by atoms with E-state index < -0.39 is 25.1 Å². The van der Waals surface area contributed by atoms with Gasteiger partial charge in [0.2, 0.25) is 0 Å². The predicted molar refractivity (Wildman–Crippen MR) is 116 cm³/mol. The Bertz CT molecular complexity index is 1340. The number of unbranched alkanes of at least 4 members (excludes halogenated alkanes) is 1. The summed E-state index contributed by atoms with van der Waals surface area (Å²) >= 11 is 6.02. The summed E-state index contributed by atoms with van der Waals surface area (Å²) in [4.78, 5) is 17.4. The summed E-state index contributed by atoms with van der Waals surface area (Å²) in [6.45, 7) is 0.542. The van der Waals surface area contributed by atoms with Gasteiger partial charge in [-0.2, -0.15) is 13.2 Å². The Morgan fingerprint density at radius 1 is 0.969 bits per heavy atom. The number of fused-ring (bicyclic) bond motifs is 2. The number of aromatic nitrogens is 4. The molecule has 0 radical (unpaired) electrons. The summed E-state index contributed by atoms with van der Waals surface area (Å²) in [5.74, 6) is 0. The Labute approximate surface area is 185 Å². The van der Waals surface area contributed by atoms with Crippen LogP contribution in [0.1, 0.15) is 24.1 Å². The highest BCUT2D eigenvalue weighted by atomic mass is 35.5. The van der Waals surface area contributed by atoms with Crippen molar-refractivity contribution >= 4 is 33.7 Å². The monoisotopic (exact) mass is 468 g/mol. The van der Waals surface area contributed by atoms with Gasteiger partial charge in [0, 0.05) is 12.2 Å². The average molecular weight is 469 g/mol. The summed E-state index contributed by atoms with van der Waals surface area (Å²) < 4.78 is 56.1. The minimum atomic E-state index is -4.53. The molecule has 5 nitrogen and oxygen atoms in total. The molecule has 0 aliphatic heterocycles. The van der Waals surface area contributed by atoms with E-state index in [-0.39, 0.29) is 12.1 Å². The highest BCUT2D eigenvalue weighted by molar-refractivity contribution is 6.29. The fraction of sp³-hybridized carbons (Fsp3) is 0.364. The van der Waals surface area contributed by atoms with E-state index in [0.29, 0.717) is 41.3 Å². The van der Waals surface area contributed by atoms with Gasteiger partial charge < -0.3 is 4.57 Å². The van der Waals surface area contributed by atoms with E-state index in [9.17, 15) is 22.4 Å². The Morgan fingerprint density at radius 3 is 2.44 bits per heavy atom. The van der Waals surface area contributed by atoms with Crippen LogP contribution in [0.25, 0.3) is 22.1 Å². The van der Waals surface area contributed by atoms with Gasteiger partial charge in [0.1, 0.15) is 11.7 Å². The first-order chi connectivity index (χ1) is 15.2. The van der Waals surface area contributed by atoms with E-state index in [1.165, 1.54) is 10.6 Å². The normalized spacial score (nSPS) is 12.3. The van der Waals surface area contributed by atoms with E-state index in [1.54, 1.807) is 30.3 Å². The van der Waals surface area contributed by atoms with E-state index in [1.807, 2.05) is 11.5 Å². The van der Waals surface area contributed by atoms with Crippen LogP contribution in [0, 0.1) is 6.92 Å². The van der Waals surface area contributed by atoms with Crippen LogP contribution in [0.15, 0.2) is 41.2 Å². The highest BCUT2D eigenvalue weighted by Gasteiger charge is 2.31. The largest absolute Gasteiger partial charge is 0.406 e. The maximum absolute atomic E-state index is 13.2. The van der Waals surface area contributed by atoms with Gasteiger partial charge in [-0.3, -0.25) is 13.5 Å². The summed E-state index contributed by atoms with van der Waals surface area (Å²) in [7, 11) is 0. The van der Waals surface area contributed by atoms with Crippen LogP contribution in [0.5, 0.6) is 0 Å². The number of pyridine rings is 1. The Kier molecular flexibility index (Phi) is 6.03. The number of hydrogen-bond donors (Lipinski definition) is 0. The van der Waals surface area contributed by atoms with E-state index in [4.69, 9.17) is 11.6 Å². The molecule has 0 unspecified atom stereocenters. The molecule has 0 atom stereocenters. The van der Waals surface area contributed by atoms with Crippen LogP contribution in [0.4, 0.5) is 17.6 Å². The molecule has 0 saturated heterocycles. The molecular formula is C22H21ClF4N4O. The van der Waals surface area contributed by atoms with Crippen molar-refractivity contribution in [3.05, 3.63) is 63.3 Å². The average Bonchev–Trinajstić information content (AvgIpc) is 3.17. The maximum Gasteiger partial charge on any atom is 0.406 e. The van der Waals surface area contributed by atoms with Crippen LogP contribution in [0.2, 0.25) is 5.15 Å². The zero-order valence-corrected chi connectivity index (χ0v) is 18.0. The second-order valence-corrected chi connectivity index (χ2v) is 8.17. The molecule has 4 rings (SSSR count). The van der Waals surface area contributed by atoms with Crippen LogP contribution >= 0.6 is 11.6 Å². The van der Waals surface area contributed by atoms with Crippen molar-refractivity contribution < 1.29 is 17.6 Å². The molecule has 0 amide bonds. The standard InChI is InChI=1S/C22H21ClF4N4O/c1-14-4-5-18-19(10-14)30(21(32)31(18)13-22(25,26)27)12-15-11-16-17(6-7-20(23)28-16)29(15)9-3-2-8-24/h4-7,10-11H,2-3,8-9,12-13H2,1H3. The van der Waals surface area contributed by atoms with Crippen molar-refractivity contribution in [1.82, 2.24) is 18.7 Å². The molecule has 10 heteroatoms. The number of nitrogens with zero attached hydrogens (tertiary/aromatic N) is 4. The second kappa shape index (κ2) is 8.61. The first kappa shape index (κ1) is 22.4. The van der Waals surface area contributed by atoms with Crippen LogP contribution < -0.4 is 5.69 Å². The minimum Gasteiger partial charge on any atom is -0.342 e. The molecule has 32 heavy (non-hydrogen) atoms. The Balaban J connectivity index is 1.86. The zero-order chi connectivity index (χ0) is 23.0. The van der Waals surface area contributed by atoms with Crippen LogP contribution in [0.3, 0.4) is 0 Å². The fourth-order valence-corrected chi connectivity index (χ4v) is 4.16. The van der Waals surface area contributed by atoms with E-state index >= 15 is 0 Å². The number of rotatable bonds is 7. The lowest BCUT2D eigenvalue weighted by Crippen LogP contribution is -2.30. The summed E-state index contributed by atoms with van der Waals surface area (Å²) in [5.41, 5.74) is 2.79. The number of alkyl halides is 4. The quantitative estimate of drug-likeness (QED) is 0.205. The van der Waals surface area contributed by atoms with Gasteiger partial charge in [0.15, 0.2) is 0 Å². The molecule has 0 aliphatic rings. The number of halogens is 5. The summed E-state index contributed by atoms with van der Waals surface area (Å²) in [6.07, 6.45) is -3.58. The smallest absolute Gasteiger partial charge is 0.342 e. The number of imidazole rings is 1. The third-order valence-electron chi connectivity index (χ3n) is 5.41. The van der Waals surface area contributed by atoms with Crippen molar-refractivity contribution in [3.8, 4) is 0 Å². The van der Waals surface area contributed by atoms with Gasteiger partial charge in [-0.25, -0.2) is 9.78 Å². The summed E-state index contributed by atoms with van der Waals surface area (Å²) in [5, 5.41) is 0.305. The lowest BCUT2D eigenvalue weighted by molar-refractivity contribution is -0.140. The third kappa shape index (κ3) is 4.39. The molecule has 4 aromatic rings. The topological polar surface area (TPSA) is 44.8 Å². The molecule has 0 fully saturated rings. The molecule has 3 heterocycles. The minimum absolute atomic E-state index is 0.0489. The molecule has 0 N–H and O–H groups in total. The second-order valence-electron chi connectivity index (χ2n) is 7.78. The molecule has 0 bridgehead atoms. The molecule has 0 spiro atoms. The number of benzene rings is 1. The lowest BCUT2D eigenvalue weighted by atomic mass is 10.2. The SMILES string of the molecule is Cc1ccc2c(c1)n(Cc1cc3nc(Cl)ccc3n1CCCCF)c(=O)n2CC(F)(F)F. The molecule has 0 saturated carbocycles. The van der Waals surface area contributed by atoms with E-state index in [0.717, 1.165) is 15.6 Å². The number of hydrogen-bond acceptors (Lipinski definition) is 2. The van der Waals surface area contributed by atoms with Crippen molar-refractivity contribution in [1.29, 1.82) is 0 Å². The van der Waals surface area contributed by atoms with Gasteiger partial charge in [-0.05, 0) is 55.7 Å². The number of aryl methyl sites for hydroxylation is 2. The van der Waals surface area contributed by atoms with Gasteiger partial charge in [0.05, 0.1) is 35.3 Å². The third-order valence-corrected chi connectivity index (χ3v) is 5.62. The molecule has 0 aliphatic carbocycles. The van der Waals surface area contributed by atoms with Crippen molar-refractivity contribution in [2.24, 2.45) is 0 Å². The molecule has 3 aromatic heterocycles. The van der Waals surface area contributed by atoms with E-state index in [2.05, 4.69) is 4.98 Å². The van der Waals surface area contributed by atoms with Crippen molar-refractivity contribution in [2.75, 3.05) is 6.67 Å². The fourth-order valence-electron chi connectivity index (χ4n) is 4.00. The Hall–Kier alpha value is -2.81. The predicted octanol–water partition coefficient (Wildman–Crippen LogP) is 5.47. The first-order valence-corrected chi connectivity index (χ1v) is 10.5. The van der Waals surface area contributed by atoms with Gasteiger partial charge >= 0.3 is 11.9 Å². The van der Waals surface area contributed by atoms with Crippen molar-refractivity contribution in [3.63, 3.8) is 0 Å². The van der Waals surface area contributed by atoms with Crippen LogP contribution in [-0.2, 0) is 19.6 Å². The van der Waals surface area contributed by atoms with Crippen molar-refractivity contribution in [2.45, 2.75) is 45.6 Å². The first-order valence-electron chi connectivity index (χ1n) is 10.1. The maximum atomic E-state index is 13.2. The lowest BCUT2D eigenvalue weighted by Gasteiger charge is -2.11. The van der Waals surface area contributed by atoms with Gasteiger partial charge in [-0.15, -0.1) is 0 Å². The molecule has 1 aromatic carbocycles. The highest BCUT2D eigenvalue weighted by Crippen LogP contribution is 2.25. The Morgan fingerprint density at radius 2 is 1.72 bits per heavy atom. The summed E-state index contributed by atoms with van der Waals surface area (Å²) in [6, 6.07) is 10.1. The van der Waals surface area contributed by atoms with Crippen LogP contribution in [-0.4, -0.2) is 31.5 Å². The van der Waals surface area contributed by atoms with Gasteiger partial charge in [0.25, 0.3) is 0 Å². The molecule has 170 valence electrons. The van der Waals surface area contributed by atoms with Gasteiger partial charge in [-0.1, -0.05) is 17.7 Å².